The average molecular weight is 487 g/mol. The van der Waals surface area contributed by atoms with Crippen molar-refractivity contribution in [3.63, 3.8) is 0 Å². The number of nitrogens with one attached hydrogen (secondary N) is 1. The minimum Gasteiger partial charge on any atom is -0.480 e. The van der Waals surface area contributed by atoms with E-state index in [9.17, 15) is 14.0 Å². The summed E-state index contributed by atoms with van der Waals surface area (Å²) >= 11 is 12.3. The van der Waals surface area contributed by atoms with Crippen LogP contribution in [0.15, 0.2) is 60.7 Å². The molecule has 0 bridgehead atoms. The van der Waals surface area contributed by atoms with E-state index in [1.54, 1.807) is 53.4 Å². The molecule has 0 aliphatic carbocycles. The van der Waals surface area contributed by atoms with Gasteiger partial charge in [-0.25, -0.2) is 4.39 Å². The van der Waals surface area contributed by atoms with Crippen LogP contribution in [-0.4, -0.2) is 22.8 Å². The largest absolute Gasteiger partial charge is 0.480 e. The summed E-state index contributed by atoms with van der Waals surface area (Å²) in [5.41, 5.74) is 2.27. The van der Waals surface area contributed by atoms with Crippen LogP contribution in [0.5, 0.6) is 5.75 Å². The maximum atomic E-state index is 13.4. The van der Waals surface area contributed by atoms with Crippen LogP contribution in [0.2, 0.25) is 10.0 Å². The summed E-state index contributed by atoms with van der Waals surface area (Å²) in [5.74, 6) is -0.396. The molecule has 0 saturated heterocycles. The van der Waals surface area contributed by atoms with E-state index >= 15 is 0 Å². The Labute approximate surface area is 201 Å². The molecule has 0 radical (unpaired) electrons. The van der Waals surface area contributed by atoms with Crippen LogP contribution in [0, 0.1) is 5.82 Å². The van der Waals surface area contributed by atoms with Gasteiger partial charge in [-0.05, 0) is 54.4 Å². The number of rotatable bonds is 5. The molecule has 1 atom stereocenters. The van der Waals surface area contributed by atoms with Crippen molar-refractivity contribution in [2.24, 2.45) is 0 Å². The Hall–Kier alpha value is -3.09. The number of amides is 2. The first-order valence-electron chi connectivity index (χ1n) is 10.4. The second kappa shape index (κ2) is 9.81. The number of halogens is 3. The molecular weight excluding hydrogens is 466 g/mol. The zero-order valence-corrected chi connectivity index (χ0v) is 19.3. The fourth-order valence-electron chi connectivity index (χ4n) is 3.68. The summed E-state index contributed by atoms with van der Waals surface area (Å²) in [6.07, 6.45) is -0.175. The van der Waals surface area contributed by atoms with E-state index in [4.69, 9.17) is 27.9 Å². The molecule has 3 aromatic carbocycles. The third-order valence-corrected chi connectivity index (χ3v) is 6.08. The molecule has 8 heteroatoms. The molecule has 170 valence electrons. The smallest absolute Gasteiger partial charge is 0.264 e. The highest BCUT2D eigenvalue weighted by molar-refractivity contribution is 6.34. The van der Waals surface area contributed by atoms with Gasteiger partial charge in [-0.2, -0.15) is 0 Å². The van der Waals surface area contributed by atoms with Gasteiger partial charge in [0.25, 0.3) is 11.8 Å². The van der Waals surface area contributed by atoms with Crippen molar-refractivity contribution in [2.75, 3.05) is 5.32 Å². The topological polar surface area (TPSA) is 58.6 Å². The summed E-state index contributed by atoms with van der Waals surface area (Å²) < 4.78 is 19.4. The van der Waals surface area contributed by atoms with Crippen molar-refractivity contribution in [2.45, 2.75) is 32.5 Å². The van der Waals surface area contributed by atoms with Crippen LogP contribution in [0.1, 0.15) is 34.8 Å². The predicted octanol–water partition coefficient (Wildman–Crippen LogP) is 6.08. The second-order valence-corrected chi connectivity index (χ2v) is 8.52. The molecule has 4 rings (SSSR count). The summed E-state index contributed by atoms with van der Waals surface area (Å²) in [6, 6.07) is 16.1. The number of fused-ring (bicyclic) bond motifs is 1. The van der Waals surface area contributed by atoms with Crippen LogP contribution in [-0.2, 0) is 17.9 Å². The van der Waals surface area contributed by atoms with E-state index in [1.807, 2.05) is 6.92 Å². The Morgan fingerprint density at radius 3 is 2.64 bits per heavy atom. The lowest BCUT2D eigenvalue weighted by atomic mass is 10.1. The summed E-state index contributed by atoms with van der Waals surface area (Å²) in [4.78, 5) is 27.4. The van der Waals surface area contributed by atoms with Gasteiger partial charge < -0.3 is 15.0 Å². The van der Waals surface area contributed by atoms with E-state index in [1.165, 1.54) is 12.1 Å². The molecule has 0 spiro atoms. The Morgan fingerprint density at radius 1 is 1.12 bits per heavy atom. The standard InChI is InChI=1S/C25H21Cl2FN2O3/c1-2-22-25(32)30(13-15-7-8-17(28)12-21(15)27)14-16-11-18(9-10-23(16)33-22)29-24(31)19-5-3-4-6-20(19)26/h3-12,22H,2,13-14H2,1H3,(H,29,31). The molecule has 33 heavy (non-hydrogen) atoms. The van der Waals surface area contributed by atoms with Crippen molar-refractivity contribution in [3.05, 3.63) is 93.2 Å². The lowest BCUT2D eigenvalue weighted by molar-refractivity contribution is -0.139. The quantitative estimate of drug-likeness (QED) is 0.474. The summed E-state index contributed by atoms with van der Waals surface area (Å²) in [5, 5.41) is 3.45. The Balaban J connectivity index is 1.61. The molecule has 1 N–H and O–H groups in total. The van der Waals surface area contributed by atoms with Crippen LogP contribution >= 0.6 is 23.2 Å². The highest BCUT2D eigenvalue weighted by atomic mass is 35.5. The maximum Gasteiger partial charge on any atom is 0.264 e. The molecule has 0 saturated carbocycles. The molecule has 1 aliphatic rings. The molecule has 0 fully saturated rings. The van der Waals surface area contributed by atoms with E-state index in [0.717, 1.165) is 5.56 Å². The van der Waals surface area contributed by atoms with Gasteiger partial charge in [-0.3, -0.25) is 9.59 Å². The normalized spacial score (nSPS) is 15.5. The molecule has 1 aliphatic heterocycles. The van der Waals surface area contributed by atoms with Gasteiger partial charge in [0.1, 0.15) is 11.6 Å². The number of hydrogen-bond acceptors (Lipinski definition) is 3. The van der Waals surface area contributed by atoms with Crippen molar-refractivity contribution < 1.29 is 18.7 Å². The van der Waals surface area contributed by atoms with E-state index in [2.05, 4.69) is 5.32 Å². The fourth-order valence-corrected chi connectivity index (χ4v) is 4.13. The predicted molar refractivity (Wildman–Crippen MR) is 126 cm³/mol. The van der Waals surface area contributed by atoms with E-state index < -0.39 is 11.9 Å². The van der Waals surface area contributed by atoms with Crippen molar-refractivity contribution in [3.8, 4) is 5.75 Å². The van der Waals surface area contributed by atoms with Crippen molar-refractivity contribution in [1.29, 1.82) is 0 Å². The minimum atomic E-state index is -0.658. The number of anilines is 1. The first-order valence-corrected chi connectivity index (χ1v) is 11.2. The Morgan fingerprint density at radius 2 is 1.91 bits per heavy atom. The summed E-state index contributed by atoms with van der Waals surface area (Å²) in [7, 11) is 0. The van der Waals surface area contributed by atoms with Crippen LogP contribution in [0.25, 0.3) is 0 Å². The fraction of sp³-hybridized carbons (Fsp3) is 0.200. The zero-order valence-electron chi connectivity index (χ0n) is 17.8. The molecular formula is C25H21Cl2FN2O3. The Kier molecular flexibility index (Phi) is 6.86. The SMILES string of the molecule is CCC1Oc2ccc(NC(=O)c3ccccc3Cl)cc2CN(Cc2ccc(F)cc2Cl)C1=O. The molecule has 3 aromatic rings. The monoisotopic (exact) mass is 486 g/mol. The van der Waals surface area contributed by atoms with Gasteiger partial charge in [0.2, 0.25) is 0 Å². The number of carbonyl (C=O) groups excluding carboxylic acids is 2. The number of carbonyl (C=O) groups is 2. The third kappa shape index (κ3) is 5.13. The molecule has 5 nitrogen and oxygen atoms in total. The molecule has 0 aromatic heterocycles. The zero-order chi connectivity index (χ0) is 23.5. The number of ether oxygens (including phenoxy) is 1. The van der Waals surface area contributed by atoms with Gasteiger partial charge in [-0.1, -0.05) is 48.3 Å². The lowest BCUT2D eigenvalue weighted by Crippen LogP contribution is -2.38. The summed E-state index contributed by atoms with van der Waals surface area (Å²) in [6.45, 7) is 2.32. The number of hydrogen-bond donors (Lipinski definition) is 1. The van der Waals surface area contributed by atoms with Gasteiger partial charge in [0.15, 0.2) is 6.10 Å². The number of benzene rings is 3. The average Bonchev–Trinajstić information content (AvgIpc) is 2.92. The van der Waals surface area contributed by atoms with Gasteiger partial charge in [0, 0.05) is 29.4 Å². The Bertz CT molecular complexity index is 1220. The highest BCUT2D eigenvalue weighted by Gasteiger charge is 2.30. The molecule has 1 heterocycles. The van der Waals surface area contributed by atoms with Crippen LogP contribution < -0.4 is 10.1 Å². The van der Waals surface area contributed by atoms with Gasteiger partial charge >= 0.3 is 0 Å². The molecule has 1 unspecified atom stereocenters. The van der Waals surface area contributed by atoms with E-state index in [0.29, 0.717) is 34.0 Å². The van der Waals surface area contributed by atoms with Crippen LogP contribution in [0.3, 0.4) is 0 Å². The first kappa shape index (κ1) is 23.1. The maximum absolute atomic E-state index is 13.4. The van der Waals surface area contributed by atoms with Crippen molar-refractivity contribution >= 4 is 40.7 Å². The first-order chi connectivity index (χ1) is 15.9. The lowest BCUT2D eigenvalue weighted by Gasteiger charge is -2.23. The van der Waals surface area contributed by atoms with Gasteiger partial charge in [0.05, 0.1) is 10.6 Å². The highest BCUT2D eigenvalue weighted by Crippen LogP contribution is 2.31. The minimum absolute atomic E-state index is 0.184. The number of nitrogens with zero attached hydrogens (tertiary/aromatic N) is 1. The van der Waals surface area contributed by atoms with E-state index in [-0.39, 0.29) is 29.9 Å². The second-order valence-electron chi connectivity index (χ2n) is 7.70. The van der Waals surface area contributed by atoms with Crippen LogP contribution in [0.4, 0.5) is 10.1 Å². The van der Waals surface area contributed by atoms with Crippen molar-refractivity contribution in [1.82, 2.24) is 4.90 Å². The van der Waals surface area contributed by atoms with Gasteiger partial charge in [-0.15, -0.1) is 0 Å². The molecule has 2 amide bonds. The third-order valence-electron chi connectivity index (χ3n) is 5.40.